The number of halogens is 1. The topological polar surface area (TPSA) is 88.9 Å². The fraction of sp³-hybridized carbons (Fsp3) is 0.333. The zero-order valence-electron chi connectivity index (χ0n) is 18.6. The number of aromatic amines is 1. The van der Waals surface area contributed by atoms with E-state index >= 15 is 0 Å². The summed E-state index contributed by atoms with van der Waals surface area (Å²) in [4.78, 5) is 18.5. The van der Waals surface area contributed by atoms with Crippen LogP contribution >= 0.6 is 0 Å². The molecule has 1 aliphatic rings. The summed E-state index contributed by atoms with van der Waals surface area (Å²) >= 11 is 0. The van der Waals surface area contributed by atoms with Crippen molar-refractivity contribution >= 4 is 10.9 Å². The van der Waals surface area contributed by atoms with E-state index in [-0.39, 0.29) is 11.4 Å². The smallest absolute Gasteiger partial charge is 0.253 e. The Bertz CT molecular complexity index is 1340. The molecule has 1 aliphatic heterocycles. The Morgan fingerprint density at radius 3 is 2.58 bits per heavy atom. The first-order chi connectivity index (χ1) is 16.0. The summed E-state index contributed by atoms with van der Waals surface area (Å²) in [5.74, 6) is 0.269. The maximum Gasteiger partial charge on any atom is 0.253 e. The van der Waals surface area contributed by atoms with E-state index in [9.17, 15) is 9.18 Å². The third-order valence-electron chi connectivity index (χ3n) is 6.24. The Labute approximate surface area is 190 Å². The highest BCUT2D eigenvalue weighted by molar-refractivity contribution is 5.81. The van der Waals surface area contributed by atoms with Gasteiger partial charge in [0.25, 0.3) is 5.56 Å². The van der Waals surface area contributed by atoms with Crippen LogP contribution in [0.25, 0.3) is 10.9 Å². The van der Waals surface area contributed by atoms with Crippen LogP contribution in [0.5, 0.6) is 0 Å². The summed E-state index contributed by atoms with van der Waals surface area (Å²) in [6, 6.07) is 11.8. The molecule has 0 radical (unpaired) electrons. The second-order valence-electron chi connectivity index (χ2n) is 8.45. The Morgan fingerprint density at radius 2 is 1.82 bits per heavy atom. The van der Waals surface area contributed by atoms with Gasteiger partial charge in [-0.15, -0.1) is 5.10 Å². The number of nitrogens with one attached hydrogen (secondary N) is 1. The van der Waals surface area contributed by atoms with Crippen molar-refractivity contribution in [1.29, 1.82) is 0 Å². The lowest BCUT2D eigenvalue weighted by molar-refractivity contribution is 0.0214. The Kier molecular flexibility index (Phi) is 5.74. The molecular formula is C24H25FN6O2. The maximum atomic E-state index is 13.4. The van der Waals surface area contributed by atoms with E-state index in [4.69, 9.17) is 4.74 Å². The van der Waals surface area contributed by atoms with Crippen LogP contribution in [0.2, 0.25) is 0 Å². The number of rotatable bonds is 5. The molecule has 1 fully saturated rings. The minimum absolute atomic E-state index is 0.168. The molecule has 2 aromatic carbocycles. The van der Waals surface area contributed by atoms with Crippen molar-refractivity contribution in [3.05, 3.63) is 86.7 Å². The number of benzene rings is 2. The van der Waals surface area contributed by atoms with E-state index in [2.05, 4.69) is 38.4 Å². The second kappa shape index (κ2) is 8.84. The first-order valence-electron chi connectivity index (χ1n) is 11.0. The SMILES string of the molecule is Cc1cc2cc(C(c3nnnn3Cc3ccc(F)cc3)N3CCOCC3)c(=O)[nH]c2cc1C. The molecule has 9 heteroatoms. The number of hydrogen-bond acceptors (Lipinski definition) is 6. The van der Waals surface area contributed by atoms with E-state index in [0.717, 1.165) is 27.6 Å². The molecule has 0 aliphatic carbocycles. The van der Waals surface area contributed by atoms with Crippen molar-refractivity contribution in [3.8, 4) is 0 Å². The fourth-order valence-corrected chi connectivity index (χ4v) is 4.31. The van der Waals surface area contributed by atoms with Crippen LogP contribution in [0.3, 0.4) is 0 Å². The molecule has 3 heterocycles. The van der Waals surface area contributed by atoms with Crippen molar-refractivity contribution in [2.45, 2.75) is 26.4 Å². The third-order valence-corrected chi connectivity index (χ3v) is 6.24. The van der Waals surface area contributed by atoms with Gasteiger partial charge in [-0.25, -0.2) is 9.07 Å². The first-order valence-corrected chi connectivity index (χ1v) is 11.0. The lowest BCUT2D eigenvalue weighted by Gasteiger charge is -2.33. The van der Waals surface area contributed by atoms with Crippen LogP contribution < -0.4 is 5.56 Å². The number of morpholine rings is 1. The van der Waals surface area contributed by atoms with E-state index in [0.29, 0.717) is 44.2 Å². The van der Waals surface area contributed by atoms with Crippen LogP contribution in [0.4, 0.5) is 4.39 Å². The Balaban J connectivity index is 1.62. The number of aromatic nitrogens is 5. The highest BCUT2D eigenvalue weighted by Crippen LogP contribution is 2.28. The summed E-state index contributed by atoms with van der Waals surface area (Å²) in [5, 5.41) is 13.4. The van der Waals surface area contributed by atoms with E-state index in [1.54, 1.807) is 16.8 Å². The highest BCUT2D eigenvalue weighted by atomic mass is 19.1. The van der Waals surface area contributed by atoms with E-state index < -0.39 is 6.04 Å². The summed E-state index contributed by atoms with van der Waals surface area (Å²) < 4.78 is 20.6. The number of hydrogen-bond donors (Lipinski definition) is 1. The van der Waals surface area contributed by atoms with Crippen LogP contribution in [-0.2, 0) is 11.3 Å². The third kappa shape index (κ3) is 4.29. The molecule has 0 saturated carbocycles. The monoisotopic (exact) mass is 448 g/mol. The van der Waals surface area contributed by atoms with E-state index in [1.165, 1.54) is 12.1 Å². The minimum atomic E-state index is -0.445. The van der Waals surface area contributed by atoms with Crippen LogP contribution in [0, 0.1) is 19.7 Å². The van der Waals surface area contributed by atoms with Crippen molar-refractivity contribution < 1.29 is 9.13 Å². The highest BCUT2D eigenvalue weighted by Gasteiger charge is 2.31. The zero-order chi connectivity index (χ0) is 22.9. The number of nitrogens with zero attached hydrogens (tertiary/aromatic N) is 5. The van der Waals surface area contributed by atoms with Gasteiger partial charge in [0.05, 0.1) is 19.8 Å². The number of H-pyrrole nitrogens is 1. The van der Waals surface area contributed by atoms with Gasteiger partial charge in [-0.2, -0.15) is 0 Å². The predicted octanol–water partition coefficient (Wildman–Crippen LogP) is 2.74. The van der Waals surface area contributed by atoms with Gasteiger partial charge in [0, 0.05) is 24.2 Å². The Hall–Kier alpha value is -3.43. The molecule has 170 valence electrons. The van der Waals surface area contributed by atoms with Gasteiger partial charge in [0.1, 0.15) is 11.9 Å². The second-order valence-corrected chi connectivity index (χ2v) is 8.45. The first kappa shape index (κ1) is 21.4. The average molecular weight is 449 g/mol. The van der Waals surface area contributed by atoms with Gasteiger partial charge in [-0.1, -0.05) is 12.1 Å². The van der Waals surface area contributed by atoms with Crippen molar-refractivity contribution in [3.63, 3.8) is 0 Å². The molecule has 0 bridgehead atoms. The standard InChI is InChI=1S/C24H25FN6O2/c1-15-11-18-13-20(24(32)26-21(18)12-16(15)2)22(30-7-9-33-10-8-30)23-27-28-29-31(23)14-17-3-5-19(25)6-4-17/h3-6,11-13,22H,7-10,14H2,1-2H3,(H,26,32). The van der Waals surface area contributed by atoms with Gasteiger partial charge in [0.2, 0.25) is 0 Å². The minimum Gasteiger partial charge on any atom is -0.379 e. The summed E-state index contributed by atoms with van der Waals surface area (Å²) in [7, 11) is 0. The molecule has 0 amide bonds. The molecule has 8 nitrogen and oxygen atoms in total. The maximum absolute atomic E-state index is 13.4. The number of tetrazole rings is 1. The molecule has 5 rings (SSSR count). The fourth-order valence-electron chi connectivity index (χ4n) is 4.31. The molecule has 1 unspecified atom stereocenters. The van der Waals surface area contributed by atoms with Gasteiger partial charge >= 0.3 is 0 Å². The Morgan fingerprint density at radius 1 is 1.09 bits per heavy atom. The van der Waals surface area contributed by atoms with Gasteiger partial charge < -0.3 is 9.72 Å². The summed E-state index contributed by atoms with van der Waals surface area (Å²) in [6.07, 6.45) is 0. The van der Waals surface area contributed by atoms with Crippen LogP contribution in [0.1, 0.15) is 34.1 Å². The number of ether oxygens (including phenoxy) is 1. The number of pyridine rings is 1. The van der Waals surface area contributed by atoms with Gasteiger partial charge in [0.15, 0.2) is 5.82 Å². The molecule has 1 saturated heterocycles. The van der Waals surface area contributed by atoms with Gasteiger partial charge in [-0.3, -0.25) is 9.69 Å². The number of fused-ring (bicyclic) bond motifs is 1. The molecule has 2 aromatic heterocycles. The van der Waals surface area contributed by atoms with Gasteiger partial charge in [-0.05, 0) is 76.7 Å². The van der Waals surface area contributed by atoms with Crippen LogP contribution in [-0.4, -0.2) is 56.4 Å². The lowest BCUT2D eigenvalue weighted by atomic mass is 10.0. The largest absolute Gasteiger partial charge is 0.379 e. The summed E-state index contributed by atoms with van der Waals surface area (Å²) in [5.41, 5.74) is 4.37. The molecular weight excluding hydrogens is 423 g/mol. The molecule has 1 atom stereocenters. The zero-order valence-corrected chi connectivity index (χ0v) is 18.6. The number of aryl methyl sites for hydroxylation is 2. The molecule has 4 aromatic rings. The molecule has 1 N–H and O–H groups in total. The summed E-state index contributed by atoms with van der Waals surface area (Å²) in [6.45, 7) is 6.90. The van der Waals surface area contributed by atoms with Crippen molar-refractivity contribution in [2.24, 2.45) is 0 Å². The average Bonchev–Trinajstić information content (AvgIpc) is 3.26. The predicted molar refractivity (Wildman–Crippen MR) is 122 cm³/mol. The van der Waals surface area contributed by atoms with Crippen molar-refractivity contribution in [1.82, 2.24) is 30.1 Å². The lowest BCUT2D eigenvalue weighted by Crippen LogP contribution is -2.42. The van der Waals surface area contributed by atoms with Crippen molar-refractivity contribution in [2.75, 3.05) is 26.3 Å². The molecule has 0 spiro atoms. The van der Waals surface area contributed by atoms with Crippen LogP contribution in [0.15, 0.2) is 47.3 Å². The quantitative estimate of drug-likeness (QED) is 0.505. The van der Waals surface area contributed by atoms with E-state index in [1.807, 2.05) is 19.1 Å². The normalized spacial score (nSPS) is 15.7. The molecule has 33 heavy (non-hydrogen) atoms.